The first-order chi connectivity index (χ1) is 9.90. The Balaban J connectivity index is 2.05. The molecule has 0 aromatic heterocycles. The number of nitrogens with one attached hydrogen (secondary N) is 2. The van der Waals surface area contributed by atoms with Crippen molar-refractivity contribution in [1.29, 1.82) is 0 Å². The highest BCUT2D eigenvalue weighted by Gasteiger charge is 2.29. The molecule has 0 aliphatic carbocycles. The largest absolute Gasteiger partial charge is 0.390 e. The Hall–Kier alpha value is -2.25. The quantitative estimate of drug-likeness (QED) is 0.558. The number of hydrogen-bond acceptors (Lipinski definition) is 5. The van der Waals surface area contributed by atoms with Crippen molar-refractivity contribution in [2.45, 2.75) is 25.6 Å². The summed E-state index contributed by atoms with van der Waals surface area (Å²) in [6.45, 7) is 1.61. The van der Waals surface area contributed by atoms with Gasteiger partial charge in [-0.25, -0.2) is 0 Å². The average molecular weight is 292 g/mol. The van der Waals surface area contributed by atoms with Crippen LogP contribution in [0.1, 0.15) is 35.4 Å². The van der Waals surface area contributed by atoms with Crippen LogP contribution in [0.5, 0.6) is 0 Å². The molecule has 2 unspecified atom stereocenters. The third-order valence-corrected chi connectivity index (χ3v) is 3.26. The van der Waals surface area contributed by atoms with E-state index in [0.29, 0.717) is 11.3 Å². The smallest absolute Gasteiger partial charge is 0.296 e. The molecule has 1 aliphatic heterocycles. The molecule has 112 valence electrons. The average Bonchev–Trinajstić information content (AvgIpc) is 2.72. The fourth-order valence-corrected chi connectivity index (χ4v) is 2.12. The fraction of sp³-hybridized carbons (Fsp3) is 0.357. The lowest BCUT2D eigenvalue weighted by Crippen LogP contribution is -2.27. The summed E-state index contributed by atoms with van der Waals surface area (Å²) in [4.78, 5) is 33.4. The van der Waals surface area contributed by atoms with Gasteiger partial charge in [-0.05, 0) is 24.1 Å². The predicted octanol–water partition coefficient (Wildman–Crippen LogP) is -0.258. The second kappa shape index (κ2) is 6.02. The first kappa shape index (κ1) is 15.1. The van der Waals surface area contributed by atoms with Crippen LogP contribution in [-0.4, -0.2) is 40.5 Å². The first-order valence-corrected chi connectivity index (χ1v) is 6.50. The van der Waals surface area contributed by atoms with Crippen LogP contribution in [0.15, 0.2) is 18.2 Å². The van der Waals surface area contributed by atoms with Gasteiger partial charge in [0, 0.05) is 13.5 Å². The topological polar surface area (TPSA) is 116 Å². The van der Waals surface area contributed by atoms with Crippen LogP contribution >= 0.6 is 0 Å². The second-order valence-electron chi connectivity index (χ2n) is 4.87. The van der Waals surface area contributed by atoms with E-state index in [1.54, 1.807) is 0 Å². The van der Waals surface area contributed by atoms with Crippen LogP contribution in [0.25, 0.3) is 0 Å². The zero-order valence-corrected chi connectivity index (χ0v) is 11.4. The molecule has 0 radical (unpaired) electrons. The molecule has 0 bridgehead atoms. The van der Waals surface area contributed by atoms with Gasteiger partial charge in [-0.1, -0.05) is 6.07 Å². The SMILES string of the molecule is CC(=O)NCCC(O)C(O)c1ccc2c(c1)NC(=O)C2=O. The molecule has 0 saturated heterocycles. The molecule has 2 atom stereocenters. The summed E-state index contributed by atoms with van der Waals surface area (Å²) in [5, 5.41) is 24.9. The molecule has 4 N–H and O–H groups in total. The van der Waals surface area contributed by atoms with Gasteiger partial charge in [0.05, 0.1) is 17.4 Å². The van der Waals surface area contributed by atoms with Crippen molar-refractivity contribution >= 4 is 23.3 Å². The van der Waals surface area contributed by atoms with Crippen molar-refractivity contribution in [1.82, 2.24) is 5.32 Å². The molecule has 21 heavy (non-hydrogen) atoms. The van der Waals surface area contributed by atoms with Crippen molar-refractivity contribution in [3.8, 4) is 0 Å². The number of anilines is 1. The summed E-state index contributed by atoms with van der Waals surface area (Å²) < 4.78 is 0. The first-order valence-electron chi connectivity index (χ1n) is 6.50. The van der Waals surface area contributed by atoms with Gasteiger partial charge in [-0.2, -0.15) is 0 Å². The standard InChI is InChI=1S/C14H16N2O5/c1-7(17)15-5-4-11(18)12(19)8-2-3-9-10(6-8)16-14(21)13(9)20/h2-3,6,11-12,18-19H,4-5H2,1H3,(H,15,17)(H,16,20,21). The van der Waals surface area contributed by atoms with Crippen LogP contribution in [-0.2, 0) is 9.59 Å². The van der Waals surface area contributed by atoms with Gasteiger partial charge in [0.25, 0.3) is 11.7 Å². The molecule has 1 aromatic carbocycles. The Bertz CT molecular complexity index is 599. The van der Waals surface area contributed by atoms with Crippen LogP contribution in [0.3, 0.4) is 0 Å². The zero-order chi connectivity index (χ0) is 15.6. The van der Waals surface area contributed by atoms with Gasteiger partial charge < -0.3 is 20.8 Å². The number of Topliss-reactive ketones (excluding diaryl/α,β-unsaturated/α-hetero) is 1. The maximum absolute atomic E-state index is 11.5. The number of fused-ring (bicyclic) bond motifs is 1. The number of rotatable bonds is 5. The zero-order valence-electron chi connectivity index (χ0n) is 11.4. The molecule has 7 nitrogen and oxygen atoms in total. The molecule has 7 heteroatoms. The van der Waals surface area contributed by atoms with Crippen molar-refractivity contribution in [3.63, 3.8) is 0 Å². The van der Waals surface area contributed by atoms with E-state index in [-0.39, 0.29) is 24.4 Å². The number of hydrogen-bond donors (Lipinski definition) is 4. The maximum atomic E-state index is 11.5. The Kier molecular flexibility index (Phi) is 4.35. The van der Waals surface area contributed by atoms with Crippen LogP contribution in [0.4, 0.5) is 5.69 Å². The molecule has 0 spiro atoms. The molecule has 1 aliphatic rings. The second-order valence-corrected chi connectivity index (χ2v) is 4.87. The van der Waals surface area contributed by atoms with Gasteiger partial charge in [0.2, 0.25) is 5.91 Å². The van der Waals surface area contributed by atoms with Crippen molar-refractivity contribution in [2.24, 2.45) is 0 Å². The predicted molar refractivity (Wildman–Crippen MR) is 73.7 cm³/mol. The van der Waals surface area contributed by atoms with Gasteiger partial charge >= 0.3 is 0 Å². The molecule has 0 saturated carbocycles. The van der Waals surface area contributed by atoms with Crippen molar-refractivity contribution in [3.05, 3.63) is 29.3 Å². The van der Waals surface area contributed by atoms with E-state index in [1.165, 1.54) is 25.1 Å². The number of ketones is 1. The van der Waals surface area contributed by atoms with E-state index in [9.17, 15) is 24.6 Å². The van der Waals surface area contributed by atoms with Gasteiger partial charge in [-0.15, -0.1) is 0 Å². The summed E-state index contributed by atoms with van der Waals surface area (Å²) in [5.74, 6) is -1.53. The highest BCUT2D eigenvalue weighted by molar-refractivity contribution is 6.51. The maximum Gasteiger partial charge on any atom is 0.296 e. The van der Waals surface area contributed by atoms with E-state index in [4.69, 9.17) is 0 Å². The summed E-state index contributed by atoms with van der Waals surface area (Å²) in [5.41, 5.74) is 0.971. The van der Waals surface area contributed by atoms with Crippen molar-refractivity contribution < 1.29 is 24.6 Å². The minimum Gasteiger partial charge on any atom is -0.390 e. The van der Waals surface area contributed by atoms with Crippen LogP contribution in [0.2, 0.25) is 0 Å². The number of aliphatic hydroxyl groups excluding tert-OH is 2. The number of benzene rings is 1. The summed E-state index contributed by atoms with van der Waals surface area (Å²) in [6, 6.07) is 4.39. The number of aliphatic hydroxyl groups is 2. The molecule has 1 heterocycles. The number of carbonyl (C=O) groups is 3. The molecule has 2 amide bonds. The minimum absolute atomic E-state index is 0.184. The van der Waals surface area contributed by atoms with E-state index in [2.05, 4.69) is 10.6 Å². The van der Waals surface area contributed by atoms with Crippen LogP contribution in [0, 0.1) is 0 Å². The van der Waals surface area contributed by atoms with E-state index in [1.807, 2.05) is 0 Å². The Morgan fingerprint density at radius 1 is 1.33 bits per heavy atom. The highest BCUT2D eigenvalue weighted by Crippen LogP contribution is 2.28. The minimum atomic E-state index is -1.17. The molecule has 1 aromatic rings. The lowest BCUT2D eigenvalue weighted by atomic mass is 9.99. The Morgan fingerprint density at radius 2 is 2.05 bits per heavy atom. The van der Waals surface area contributed by atoms with E-state index >= 15 is 0 Å². The van der Waals surface area contributed by atoms with Gasteiger partial charge in [-0.3, -0.25) is 14.4 Å². The lowest BCUT2D eigenvalue weighted by molar-refractivity contribution is -0.119. The third-order valence-electron chi connectivity index (χ3n) is 3.26. The number of carbonyl (C=O) groups excluding carboxylic acids is 3. The van der Waals surface area contributed by atoms with Crippen molar-refractivity contribution in [2.75, 3.05) is 11.9 Å². The lowest BCUT2D eigenvalue weighted by Gasteiger charge is -2.18. The normalized spacial score (nSPS) is 16.1. The van der Waals surface area contributed by atoms with Gasteiger partial charge in [0.1, 0.15) is 6.10 Å². The van der Waals surface area contributed by atoms with Gasteiger partial charge in [0.15, 0.2) is 0 Å². The molecular weight excluding hydrogens is 276 g/mol. The summed E-state index contributed by atoms with van der Waals surface area (Å²) >= 11 is 0. The van der Waals surface area contributed by atoms with Crippen LogP contribution < -0.4 is 10.6 Å². The summed E-state index contributed by atoms with van der Waals surface area (Å²) in [6.07, 6.45) is -2.05. The molecule has 2 rings (SSSR count). The Labute approximate surface area is 121 Å². The third kappa shape index (κ3) is 3.26. The summed E-state index contributed by atoms with van der Waals surface area (Å²) in [7, 11) is 0. The number of amides is 2. The molecule has 0 fully saturated rings. The monoisotopic (exact) mass is 292 g/mol. The van der Waals surface area contributed by atoms with E-state index in [0.717, 1.165) is 0 Å². The molecular formula is C14H16N2O5. The highest BCUT2D eigenvalue weighted by atomic mass is 16.3. The fourth-order valence-electron chi connectivity index (χ4n) is 2.12. The van der Waals surface area contributed by atoms with E-state index < -0.39 is 23.9 Å². The Morgan fingerprint density at radius 3 is 2.71 bits per heavy atom.